The summed E-state index contributed by atoms with van der Waals surface area (Å²) in [6.07, 6.45) is 1.27. The highest BCUT2D eigenvalue weighted by Crippen LogP contribution is 2.65. The maximum atomic E-state index is 14.9. The van der Waals surface area contributed by atoms with E-state index < -0.39 is 34.3 Å². The molecule has 9 heterocycles. The number of carbonyl (C=O) groups excluding carboxylic acids is 2. The van der Waals surface area contributed by atoms with Gasteiger partial charge in [-0.05, 0) is 70.0 Å². The highest BCUT2D eigenvalue weighted by molar-refractivity contribution is 7.99. The Balaban J connectivity index is 1.24. The van der Waals surface area contributed by atoms with Crippen LogP contribution in [0.4, 0.5) is 0 Å². The SMILES string of the molecule is COc1ccc2oc3c(c2c1)CCN[C@]31CS[C@@H]2c3c(OC(C)=O)c(C)c4c(c3C(COC1=O)N1[C@@H]2[C@@H]2c3c(cc(C)c(OC)c3O)CC1(C)CN2C)OCO4. The molecule has 0 saturated carbocycles. The number of ether oxygens (including phenoxy) is 6. The molecular formula is C42H45N3O10S. The fraction of sp³-hybridized carbons (Fsp3) is 0.476. The normalized spacial score (nSPS) is 29.9. The van der Waals surface area contributed by atoms with E-state index in [1.165, 1.54) is 6.92 Å². The lowest BCUT2D eigenvalue weighted by molar-refractivity contribution is -0.160. The van der Waals surface area contributed by atoms with Crippen LogP contribution >= 0.6 is 11.8 Å². The smallest absolute Gasteiger partial charge is 0.335 e. The first-order valence-electron chi connectivity index (χ1n) is 19.1. The van der Waals surface area contributed by atoms with Crippen LogP contribution in [0.2, 0.25) is 0 Å². The number of fused-ring (bicyclic) bond motifs is 8. The third-order valence-corrected chi connectivity index (χ3v) is 14.4. The summed E-state index contributed by atoms with van der Waals surface area (Å²) in [5.41, 5.74) is 4.75. The van der Waals surface area contributed by atoms with Gasteiger partial charge in [-0.2, -0.15) is 0 Å². The highest BCUT2D eigenvalue weighted by Gasteiger charge is 2.63. The number of phenolic OH excluding ortho intramolecular Hbond substituents is 1. The van der Waals surface area contributed by atoms with Crippen LogP contribution in [0.25, 0.3) is 11.0 Å². The molecule has 2 fully saturated rings. The number of carbonyl (C=O) groups is 2. The molecule has 8 aliphatic heterocycles. The van der Waals surface area contributed by atoms with Crippen molar-refractivity contribution in [3.63, 3.8) is 0 Å². The number of phenols is 1. The molecule has 0 amide bonds. The Morgan fingerprint density at radius 2 is 1.86 bits per heavy atom. The molecule has 0 radical (unpaired) electrons. The largest absolute Gasteiger partial charge is 0.504 e. The zero-order chi connectivity index (χ0) is 39.0. The maximum Gasteiger partial charge on any atom is 0.335 e. The minimum absolute atomic E-state index is 0.00749. The first kappa shape index (κ1) is 35.8. The molecule has 7 atom stereocenters. The second kappa shape index (κ2) is 12.4. The Morgan fingerprint density at radius 1 is 1.05 bits per heavy atom. The van der Waals surface area contributed by atoms with Crippen LogP contribution in [0.3, 0.4) is 0 Å². The monoisotopic (exact) mass is 783 g/mol. The van der Waals surface area contributed by atoms with Gasteiger partial charge in [0.05, 0.1) is 31.6 Å². The number of hydrogen-bond donors (Lipinski definition) is 2. The van der Waals surface area contributed by atoms with Crippen LogP contribution in [0.15, 0.2) is 28.7 Å². The summed E-state index contributed by atoms with van der Waals surface area (Å²) in [5.74, 6) is 2.68. The van der Waals surface area contributed by atoms with Crippen LogP contribution in [0.5, 0.6) is 34.5 Å². The predicted molar refractivity (Wildman–Crippen MR) is 206 cm³/mol. The second-order valence-corrected chi connectivity index (χ2v) is 17.3. The minimum Gasteiger partial charge on any atom is -0.504 e. The van der Waals surface area contributed by atoms with Gasteiger partial charge in [0.2, 0.25) is 6.79 Å². The molecule has 2 N–H and O–H groups in total. The van der Waals surface area contributed by atoms with Crippen molar-refractivity contribution in [2.24, 2.45) is 0 Å². The average Bonchev–Trinajstić information content (AvgIpc) is 3.76. The van der Waals surface area contributed by atoms with Crippen molar-refractivity contribution in [3.8, 4) is 34.5 Å². The van der Waals surface area contributed by atoms with Gasteiger partial charge in [-0.3, -0.25) is 19.9 Å². The van der Waals surface area contributed by atoms with Gasteiger partial charge < -0.3 is 37.9 Å². The number of piperazine rings is 1. The molecule has 12 rings (SSSR count). The van der Waals surface area contributed by atoms with Crippen molar-refractivity contribution in [2.45, 2.75) is 75.0 Å². The third kappa shape index (κ3) is 4.72. The van der Waals surface area contributed by atoms with Crippen molar-refractivity contribution >= 4 is 34.7 Å². The lowest BCUT2D eigenvalue weighted by Gasteiger charge is -2.61. The number of hydrogen-bond acceptors (Lipinski definition) is 14. The summed E-state index contributed by atoms with van der Waals surface area (Å²) in [6.45, 7) is 8.67. The highest BCUT2D eigenvalue weighted by atomic mass is 32.2. The van der Waals surface area contributed by atoms with Crippen molar-refractivity contribution in [3.05, 3.63) is 69.0 Å². The number of nitrogens with zero attached hydrogens (tertiary/aromatic N) is 2. The average molecular weight is 784 g/mol. The summed E-state index contributed by atoms with van der Waals surface area (Å²) >= 11 is 1.60. The fourth-order valence-electron chi connectivity index (χ4n) is 10.9. The molecule has 4 bridgehead atoms. The van der Waals surface area contributed by atoms with E-state index in [9.17, 15) is 14.7 Å². The quantitative estimate of drug-likeness (QED) is 0.199. The number of benzene rings is 3. The Morgan fingerprint density at radius 3 is 2.62 bits per heavy atom. The number of nitrogens with one attached hydrogen (secondary N) is 1. The molecule has 0 aliphatic carbocycles. The number of aryl methyl sites for hydroxylation is 1. The number of rotatable bonds is 3. The zero-order valence-corrected chi connectivity index (χ0v) is 33.3. The summed E-state index contributed by atoms with van der Waals surface area (Å²) in [7, 11) is 5.33. The van der Waals surface area contributed by atoms with E-state index in [4.69, 9.17) is 32.8 Å². The molecule has 3 aromatic carbocycles. The topological polar surface area (TPSA) is 141 Å². The Bertz CT molecular complexity index is 2380. The zero-order valence-electron chi connectivity index (χ0n) is 32.5. The molecule has 2 saturated heterocycles. The molecule has 4 aromatic rings. The van der Waals surface area contributed by atoms with E-state index in [2.05, 4.69) is 35.2 Å². The minimum atomic E-state index is -1.33. The van der Waals surface area contributed by atoms with Crippen LogP contribution in [-0.2, 0) is 32.7 Å². The van der Waals surface area contributed by atoms with Gasteiger partial charge in [-0.1, -0.05) is 6.07 Å². The molecule has 13 nitrogen and oxygen atoms in total. The second-order valence-electron chi connectivity index (χ2n) is 16.2. The van der Waals surface area contributed by atoms with E-state index in [0.29, 0.717) is 71.6 Å². The first-order valence-corrected chi connectivity index (χ1v) is 20.1. The third-order valence-electron chi connectivity index (χ3n) is 12.9. The molecule has 1 aromatic heterocycles. The fourth-order valence-corrected chi connectivity index (χ4v) is 12.6. The van der Waals surface area contributed by atoms with Crippen LogP contribution in [0, 0.1) is 13.8 Å². The molecule has 14 heteroatoms. The lowest BCUT2D eigenvalue weighted by Crippen LogP contribution is -2.69. The Labute approximate surface area is 328 Å². The molecule has 294 valence electrons. The van der Waals surface area contributed by atoms with Gasteiger partial charge in [0.25, 0.3) is 0 Å². The van der Waals surface area contributed by atoms with E-state index >= 15 is 0 Å². The Kier molecular flexibility index (Phi) is 7.94. The number of likely N-dealkylation sites (N-methyl/N-ethyl adjacent to an activating group) is 1. The summed E-state index contributed by atoms with van der Waals surface area (Å²) in [6, 6.07) is 6.64. The first-order chi connectivity index (χ1) is 26.9. The van der Waals surface area contributed by atoms with E-state index in [1.807, 2.05) is 32.0 Å². The van der Waals surface area contributed by atoms with Crippen LogP contribution in [-0.4, -0.2) is 91.9 Å². The Hall–Kier alpha value is -4.63. The summed E-state index contributed by atoms with van der Waals surface area (Å²) in [5, 5.41) is 16.2. The lowest BCUT2D eigenvalue weighted by atomic mass is 9.76. The van der Waals surface area contributed by atoms with Crippen molar-refractivity contribution in [1.82, 2.24) is 15.1 Å². The molecule has 1 spiro atoms. The molecule has 56 heavy (non-hydrogen) atoms. The summed E-state index contributed by atoms with van der Waals surface area (Å²) < 4.78 is 43.2. The standard InChI is InChI=1S/C42H45N3O10S/c1-19-12-22-14-41(4)16-44(5)31(28(22)33(47)34(19)50-7)32-38-30-29(37-36(52-18-53-37)20(2)35(30)54-21(3)46)26(45(32)41)15-51-40(48)42(17-56-38)39-24(10-11-43-42)25-13-23(49-6)8-9-27(25)55-39/h8-9,12-13,26,31-32,38,43,47H,10-11,14-18H2,1-7H3/t26?,31-,32+,38+,41?,42+/m0/s1. The van der Waals surface area contributed by atoms with Gasteiger partial charge in [-0.25, -0.2) is 4.79 Å². The number of esters is 2. The van der Waals surface area contributed by atoms with Gasteiger partial charge in [0.1, 0.15) is 29.4 Å². The van der Waals surface area contributed by atoms with E-state index in [0.717, 1.165) is 38.8 Å². The van der Waals surface area contributed by atoms with Gasteiger partial charge >= 0.3 is 11.9 Å². The van der Waals surface area contributed by atoms with Gasteiger partial charge in [-0.15, -0.1) is 11.8 Å². The van der Waals surface area contributed by atoms with Crippen molar-refractivity contribution in [2.75, 3.05) is 53.5 Å². The maximum absolute atomic E-state index is 14.9. The van der Waals surface area contributed by atoms with Crippen LogP contribution in [0.1, 0.15) is 75.9 Å². The number of thioether (sulfide) groups is 1. The van der Waals surface area contributed by atoms with Crippen molar-refractivity contribution < 1.29 is 47.5 Å². The van der Waals surface area contributed by atoms with Gasteiger partial charge in [0.15, 0.2) is 28.5 Å². The molecule has 3 unspecified atom stereocenters. The predicted octanol–water partition coefficient (Wildman–Crippen LogP) is 5.53. The summed E-state index contributed by atoms with van der Waals surface area (Å²) in [4.78, 5) is 32.8. The van der Waals surface area contributed by atoms with Gasteiger partial charge in [0, 0.05) is 70.6 Å². The number of furan rings is 1. The molecular weight excluding hydrogens is 739 g/mol. The van der Waals surface area contributed by atoms with Crippen LogP contribution < -0.4 is 29.0 Å². The number of methoxy groups -OCH3 is 2. The van der Waals surface area contributed by atoms with E-state index in [-0.39, 0.29) is 37.0 Å². The molecule has 8 aliphatic rings. The number of aromatic hydroxyl groups is 1. The van der Waals surface area contributed by atoms with Crippen molar-refractivity contribution in [1.29, 1.82) is 0 Å². The van der Waals surface area contributed by atoms with E-state index in [1.54, 1.807) is 26.0 Å².